The van der Waals surface area contributed by atoms with Crippen molar-refractivity contribution in [1.29, 1.82) is 0 Å². The molecule has 2 fully saturated rings. The average molecular weight is 253 g/mol. The van der Waals surface area contributed by atoms with Gasteiger partial charge in [0.05, 0.1) is 0 Å². The monoisotopic (exact) mass is 253 g/mol. The lowest BCUT2D eigenvalue weighted by atomic mass is 9.82. The fraction of sp³-hybridized carbons (Fsp3) is 1.00. The molecular weight excluding hydrogens is 222 g/mol. The standard InChI is InChI=1S/C15H31N3/c1-12(2)14-5-7-18(10-14)15(11-16)6-8-17(4)13(3)9-15/h12-14H,5-11,16H2,1-4H3. The van der Waals surface area contributed by atoms with Gasteiger partial charge in [0.15, 0.2) is 0 Å². The van der Waals surface area contributed by atoms with Crippen LogP contribution in [0.25, 0.3) is 0 Å². The maximum absolute atomic E-state index is 6.19. The Bertz CT molecular complexity index is 279. The van der Waals surface area contributed by atoms with Gasteiger partial charge in [0.1, 0.15) is 0 Å². The van der Waals surface area contributed by atoms with Crippen molar-refractivity contribution in [3.05, 3.63) is 0 Å². The van der Waals surface area contributed by atoms with Crippen molar-refractivity contribution >= 4 is 0 Å². The summed E-state index contributed by atoms with van der Waals surface area (Å²) in [4.78, 5) is 5.20. The smallest absolute Gasteiger partial charge is 0.0358 e. The van der Waals surface area contributed by atoms with E-state index < -0.39 is 0 Å². The minimum absolute atomic E-state index is 0.287. The molecule has 0 bridgehead atoms. The second-order valence-electron chi connectivity index (χ2n) is 6.95. The van der Waals surface area contributed by atoms with Crippen molar-refractivity contribution < 1.29 is 0 Å². The third kappa shape index (κ3) is 2.59. The van der Waals surface area contributed by atoms with Crippen LogP contribution in [0.5, 0.6) is 0 Å². The molecule has 3 nitrogen and oxygen atoms in total. The second-order valence-corrected chi connectivity index (χ2v) is 6.95. The van der Waals surface area contributed by atoms with Crippen molar-refractivity contribution in [2.24, 2.45) is 17.6 Å². The van der Waals surface area contributed by atoms with Crippen molar-refractivity contribution in [3.63, 3.8) is 0 Å². The van der Waals surface area contributed by atoms with Gasteiger partial charge in [-0.05, 0) is 58.2 Å². The highest BCUT2D eigenvalue weighted by Gasteiger charge is 2.43. The molecule has 18 heavy (non-hydrogen) atoms. The van der Waals surface area contributed by atoms with Gasteiger partial charge in [-0.2, -0.15) is 0 Å². The number of nitrogens with zero attached hydrogens (tertiary/aromatic N) is 2. The van der Waals surface area contributed by atoms with Gasteiger partial charge < -0.3 is 10.6 Å². The van der Waals surface area contributed by atoms with Crippen molar-refractivity contribution in [1.82, 2.24) is 9.80 Å². The summed E-state index contributed by atoms with van der Waals surface area (Å²) in [7, 11) is 2.24. The van der Waals surface area contributed by atoms with Crippen LogP contribution in [0.1, 0.15) is 40.0 Å². The zero-order valence-electron chi connectivity index (χ0n) is 12.7. The van der Waals surface area contributed by atoms with E-state index >= 15 is 0 Å². The van der Waals surface area contributed by atoms with Crippen LogP contribution in [0.2, 0.25) is 0 Å². The lowest BCUT2D eigenvalue weighted by molar-refractivity contribution is 0.0219. The van der Waals surface area contributed by atoms with E-state index in [4.69, 9.17) is 5.73 Å². The molecule has 2 heterocycles. The van der Waals surface area contributed by atoms with Crippen molar-refractivity contribution in [2.45, 2.75) is 51.6 Å². The molecule has 0 aromatic carbocycles. The van der Waals surface area contributed by atoms with Gasteiger partial charge in [-0.3, -0.25) is 4.90 Å². The first-order chi connectivity index (χ1) is 8.48. The fourth-order valence-electron chi connectivity index (χ4n) is 3.78. The van der Waals surface area contributed by atoms with E-state index in [1.807, 2.05) is 0 Å². The molecule has 0 amide bonds. The van der Waals surface area contributed by atoms with E-state index in [0.717, 1.165) is 18.4 Å². The summed E-state index contributed by atoms with van der Waals surface area (Å²) >= 11 is 0. The zero-order chi connectivity index (χ0) is 13.3. The van der Waals surface area contributed by atoms with Gasteiger partial charge in [-0.1, -0.05) is 13.8 Å². The first kappa shape index (κ1) is 14.3. The van der Waals surface area contributed by atoms with Crippen LogP contribution in [0.15, 0.2) is 0 Å². The molecular formula is C15H31N3. The lowest BCUT2D eigenvalue weighted by Gasteiger charge is -2.49. The molecule has 2 N–H and O–H groups in total. The fourth-order valence-corrected chi connectivity index (χ4v) is 3.78. The van der Waals surface area contributed by atoms with Gasteiger partial charge in [-0.15, -0.1) is 0 Å². The Balaban J connectivity index is 2.05. The molecule has 2 saturated heterocycles. The van der Waals surface area contributed by atoms with E-state index in [1.54, 1.807) is 0 Å². The van der Waals surface area contributed by atoms with Crippen LogP contribution in [-0.4, -0.2) is 54.6 Å². The predicted octanol–water partition coefficient (Wildman–Crippen LogP) is 1.78. The van der Waals surface area contributed by atoms with Crippen LogP contribution in [0.3, 0.4) is 0 Å². The molecule has 0 radical (unpaired) electrons. The van der Waals surface area contributed by atoms with Crippen LogP contribution >= 0.6 is 0 Å². The minimum Gasteiger partial charge on any atom is -0.329 e. The summed E-state index contributed by atoms with van der Waals surface area (Å²) in [6.07, 6.45) is 3.85. The van der Waals surface area contributed by atoms with Gasteiger partial charge in [0, 0.05) is 24.7 Å². The minimum atomic E-state index is 0.287. The Kier molecular flexibility index (Phi) is 4.35. The van der Waals surface area contributed by atoms with E-state index in [2.05, 4.69) is 37.6 Å². The van der Waals surface area contributed by atoms with Crippen LogP contribution in [0.4, 0.5) is 0 Å². The largest absolute Gasteiger partial charge is 0.329 e. The van der Waals surface area contributed by atoms with Crippen LogP contribution < -0.4 is 5.73 Å². The Morgan fingerprint density at radius 2 is 2.06 bits per heavy atom. The van der Waals surface area contributed by atoms with E-state index in [1.165, 1.54) is 38.9 Å². The highest BCUT2D eigenvalue weighted by atomic mass is 15.3. The Morgan fingerprint density at radius 1 is 1.33 bits per heavy atom. The molecule has 3 unspecified atom stereocenters. The maximum atomic E-state index is 6.19. The zero-order valence-corrected chi connectivity index (χ0v) is 12.7. The van der Waals surface area contributed by atoms with Gasteiger partial charge in [0.25, 0.3) is 0 Å². The average Bonchev–Trinajstić information content (AvgIpc) is 2.83. The van der Waals surface area contributed by atoms with Crippen molar-refractivity contribution in [3.8, 4) is 0 Å². The number of piperidine rings is 1. The lowest BCUT2D eigenvalue weighted by Crippen LogP contribution is -2.60. The van der Waals surface area contributed by atoms with Gasteiger partial charge >= 0.3 is 0 Å². The molecule has 3 heteroatoms. The number of rotatable bonds is 3. The topological polar surface area (TPSA) is 32.5 Å². The van der Waals surface area contributed by atoms with Crippen LogP contribution in [-0.2, 0) is 0 Å². The first-order valence-corrected chi connectivity index (χ1v) is 7.64. The molecule has 2 rings (SSSR count). The second kappa shape index (κ2) is 5.48. The third-order valence-electron chi connectivity index (χ3n) is 5.58. The van der Waals surface area contributed by atoms with Crippen LogP contribution in [0, 0.1) is 11.8 Å². The summed E-state index contributed by atoms with van der Waals surface area (Å²) in [6.45, 7) is 11.6. The predicted molar refractivity (Wildman–Crippen MR) is 77.6 cm³/mol. The Labute approximate surface area is 113 Å². The van der Waals surface area contributed by atoms with E-state index in [0.29, 0.717) is 6.04 Å². The maximum Gasteiger partial charge on any atom is 0.0358 e. The summed E-state index contributed by atoms with van der Waals surface area (Å²) in [5.41, 5.74) is 6.47. The summed E-state index contributed by atoms with van der Waals surface area (Å²) in [6, 6.07) is 0.667. The van der Waals surface area contributed by atoms with Gasteiger partial charge in [-0.25, -0.2) is 0 Å². The summed E-state index contributed by atoms with van der Waals surface area (Å²) in [5, 5.41) is 0. The van der Waals surface area contributed by atoms with Gasteiger partial charge in [0.2, 0.25) is 0 Å². The number of hydrogen-bond acceptors (Lipinski definition) is 3. The molecule has 0 aliphatic carbocycles. The molecule has 3 atom stereocenters. The number of likely N-dealkylation sites (tertiary alicyclic amines) is 2. The Hall–Kier alpha value is -0.120. The Morgan fingerprint density at radius 3 is 2.56 bits per heavy atom. The first-order valence-electron chi connectivity index (χ1n) is 7.64. The normalized spacial score (nSPS) is 39.7. The quantitative estimate of drug-likeness (QED) is 0.832. The highest BCUT2D eigenvalue weighted by molar-refractivity contribution is 5.01. The van der Waals surface area contributed by atoms with E-state index in [9.17, 15) is 0 Å². The molecule has 0 aromatic rings. The molecule has 2 aliphatic rings. The third-order valence-corrected chi connectivity index (χ3v) is 5.58. The molecule has 0 saturated carbocycles. The molecule has 0 aromatic heterocycles. The summed E-state index contributed by atoms with van der Waals surface area (Å²) < 4.78 is 0. The number of nitrogens with two attached hydrogens (primary N) is 1. The molecule has 2 aliphatic heterocycles. The SMILES string of the molecule is CC(C)C1CCN(C2(CN)CCN(C)C(C)C2)C1. The molecule has 106 valence electrons. The van der Waals surface area contributed by atoms with E-state index in [-0.39, 0.29) is 5.54 Å². The summed E-state index contributed by atoms with van der Waals surface area (Å²) in [5.74, 6) is 1.69. The number of hydrogen-bond donors (Lipinski definition) is 1. The highest BCUT2D eigenvalue weighted by Crippen LogP contribution is 2.36. The molecule has 0 spiro atoms. The van der Waals surface area contributed by atoms with Crippen molar-refractivity contribution in [2.75, 3.05) is 33.2 Å².